The smallest absolute Gasteiger partial charge is 0.191 e. The van der Waals surface area contributed by atoms with Crippen molar-refractivity contribution in [3.63, 3.8) is 0 Å². The van der Waals surface area contributed by atoms with Crippen LogP contribution in [0.4, 0.5) is 10.1 Å². The number of aliphatic imine (C=N–C) groups is 1. The second-order valence-corrected chi connectivity index (χ2v) is 6.65. The van der Waals surface area contributed by atoms with Crippen molar-refractivity contribution in [1.29, 1.82) is 0 Å². The standard InChI is InChI=1S/C20H23FN6/c21-16-3-5-17(6-4-16)26-10-12-27(13-11-26)20(22)24-9-7-15-14-25-19-18(15)2-1-8-23-19/h1-6,8,14H,7,9-13H2,(H2,22,24)(H,23,25). The Labute approximate surface area is 157 Å². The number of guanidine groups is 1. The molecule has 140 valence electrons. The van der Waals surface area contributed by atoms with Gasteiger partial charge in [0.25, 0.3) is 0 Å². The topological polar surface area (TPSA) is 73.5 Å². The first-order chi connectivity index (χ1) is 13.2. The maximum Gasteiger partial charge on any atom is 0.191 e. The van der Waals surface area contributed by atoms with Gasteiger partial charge in [-0.2, -0.15) is 0 Å². The van der Waals surface area contributed by atoms with Gasteiger partial charge in [-0.1, -0.05) is 0 Å². The molecule has 2 aromatic heterocycles. The summed E-state index contributed by atoms with van der Waals surface area (Å²) in [5.74, 6) is 0.381. The highest BCUT2D eigenvalue weighted by atomic mass is 19.1. The van der Waals surface area contributed by atoms with Crippen molar-refractivity contribution in [1.82, 2.24) is 14.9 Å². The second-order valence-electron chi connectivity index (χ2n) is 6.65. The van der Waals surface area contributed by atoms with Crippen molar-refractivity contribution >= 4 is 22.7 Å². The summed E-state index contributed by atoms with van der Waals surface area (Å²) in [5, 5.41) is 1.14. The molecule has 27 heavy (non-hydrogen) atoms. The summed E-state index contributed by atoms with van der Waals surface area (Å²) < 4.78 is 13.1. The Morgan fingerprint density at radius 2 is 1.93 bits per heavy atom. The lowest BCUT2D eigenvalue weighted by Crippen LogP contribution is -2.51. The molecule has 1 aromatic carbocycles. The Hall–Kier alpha value is -3.09. The van der Waals surface area contributed by atoms with E-state index >= 15 is 0 Å². The van der Waals surface area contributed by atoms with Crippen molar-refractivity contribution in [2.75, 3.05) is 37.6 Å². The van der Waals surface area contributed by atoms with Gasteiger partial charge in [0.1, 0.15) is 11.5 Å². The molecule has 0 amide bonds. The number of H-pyrrole nitrogens is 1. The molecular formula is C20H23FN6. The van der Waals surface area contributed by atoms with Crippen molar-refractivity contribution in [2.45, 2.75) is 6.42 Å². The van der Waals surface area contributed by atoms with Crippen molar-refractivity contribution < 1.29 is 4.39 Å². The fourth-order valence-corrected chi connectivity index (χ4v) is 3.46. The van der Waals surface area contributed by atoms with Gasteiger partial charge in [-0.3, -0.25) is 4.99 Å². The van der Waals surface area contributed by atoms with Gasteiger partial charge in [0, 0.05) is 56.2 Å². The molecule has 0 spiro atoms. The third-order valence-electron chi connectivity index (χ3n) is 4.99. The molecule has 0 aliphatic carbocycles. The first-order valence-corrected chi connectivity index (χ1v) is 9.17. The summed E-state index contributed by atoms with van der Waals surface area (Å²) in [4.78, 5) is 16.4. The van der Waals surface area contributed by atoms with Gasteiger partial charge < -0.3 is 20.5 Å². The average molecular weight is 366 g/mol. The quantitative estimate of drug-likeness (QED) is 0.549. The zero-order valence-electron chi connectivity index (χ0n) is 15.1. The molecule has 7 heteroatoms. The van der Waals surface area contributed by atoms with E-state index < -0.39 is 0 Å². The lowest BCUT2D eigenvalue weighted by atomic mass is 10.1. The Morgan fingerprint density at radius 1 is 1.15 bits per heavy atom. The molecule has 3 heterocycles. The minimum absolute atomic E-state index is 0.209. The van der Waals surface area contributed by atoms with E-state index in [0.29, 0.717) is 12.5 Å². The number of hydrogen-bond acceptors (Lipinski definition) is 3. The molecule has 1 aliphatic heterocycles. The number of nitrogens with one attached hydrogen (secondary N) is 1. The summed E-state index contributed by atoms with van der Waals surface area (Å²) in [6.45, 7) is 3.95. The van der Waals surface area contributed by atoms with Gasteiger partial charge in [0.15, 0.2) is 5.96 Å². The fraction of sp³-hybridized carbons (Fsp3) is 0.300. The Balaban J connectivity index is 1.31. The predicted molar refractivity (Wildman–Crippen MR) is 106 cm³/mol. The van der Waals surface area contributed by atoms with Crippen molar-refractivity contribution in [3.05, 3.63) is 60.2 Å². The van der Waals surface area contributed by atoms with Crippen LogP contribution in [0.1, 0.15) is 5.56 Å². The summed E-state index contributed by atoms with van der Waals surface area (Å²) in [5.41, 5.74) is 9.34. The molecule has 3 aromatic rings. The maximum atomic E-state index is 13.1. The van der Waals surface area contributed by atoms with E-state index in [1.54, 1.807) is 6.20 Å². The predicted octanol–water partition coefficient (Wildman–Crippen LogP) is 2.38. The van der Waals surface area contributed by atoms with Crippen LogP contribution in [0, 0.1) is 5.82 Å². The zero-order chi connectivity index (χ0) is 18.6. The largest absolute Gasteiger partial charge is 0.370 e. The fourth-order valence-electron chi connectivity index (χ4n) is 3.46. The van der Waals surface area contributed by atoms with E-state index in [9.17, 15) is 4.39 Å². The van der Waals surface area contributed by atoms with Crippen LogP contribution in [-0.4, -0.2) is 53.6 Å². The third kappa shape index (κ3) is 3.86. The molecule has 3 N–H and O–H groups in total. The lowest BCUT2D eigenvalue weighted by Gasteiger charge is -2.36. The Morgan fingerprint density at radius 3 is 2.70 bits per heavy atom. The Kier molecular flexibility index (Phi) is 4.91. The van der Waals surface area contributed by atoms with Gasteiger partial charge in [-0.15, -0.1) is 0 Å². The molecule has 0 bridgehead atoms. The number of aromatic nitrogens is 2. The van der Waals surface area contributed by atoms with Gasteiger partial charge in [-0.05, 0) is 48.4 Å². The van der Waals surface area contributed by atoms with Gasteiger partial charge in [0.2, 0.25) is 0 Å². The minimum atomic E-state index is -0.209. The van der Waals surface area contributed by atoms with Crippen LogP contribution < -0.4 is 10.6 Å². The van der Waals surface area contributed by atoms with E-state index in [4.69, 9.17) is 5.73 Å². The molecule has 0 unspecified atom stereocenters. The number of nitrogens with two attached hydrogens (primary N) is 1. The summed E-state index contributed by atoms with van der Waals surface area (Å²) >= 11 is 0. The highest BCUT2D eigenvalue weighted by molar-refractivity contribution is 5.80. The molecule has 1 saturated heterocycles. The molecule has 4 rings (SSSR count). The van der Waals surface area contributed by atoms with Crippen LogP contribution in [0.25, 0.3) is 11.0 Å². The molecule has 0 saturated carbocycles. The number of fused-ring (bicyclic) bond motifs is 1. The van der Waals surface area contributed by atoms with E-state index in [1.165, 1.54) is 17.7 Å². The number of aromatic amines is 1. The molecule has 6 nitrogen and oxygen atoms in total. The number of hydrogen-bond donors (Lipinski definition) is 2. The van der Waals surface area contributed by atoms with Crippen LogP contribution in [0.3, 0.4) is 0 Å². The normalized spacial score (nSPS) is 15.5. The van der Waals surface area contributed by atoms with Gasteiger partial charge >= 0.3 is 0 Å². The highest BCUT2D eigenvalue weighted by Crippen LogP contribution is 2.17. The Bertz CT molecular complexity index is 925. The summed E-state index contributed by atoms with van der Waals surface area (Å²) in [6, 6.07) is 10.6. The van der Waals surface area contributed by atoms with E-state index in [1.807, 2.05) is 24.4 Å². The molecule has 1 fully saturated rings. The van der Waals surface area contributed by atoms with Crippen LogP contribution in [0.2, 0.25) is 0 Å². The zero-order valence-corrected chi connectivity index (χ0v) is 15.1. The molecule has 0 atom stereocenters. The molecular weight excluding hydrogens is 343 g/mol. The second kappa shape index (κ2) is 7.65. The third-order valence-corrected chi connectivity index (χ3v) is 4.99. The van der Waals surface area contributed by atoms with Crippen LogP contribution in [0.15, 0.2) is 53.8 Å². The number of pyridine rings is 1. The monoisotopic (exact) mass is 366 g/mol. The summed E-state index contributed by atoms with van der Waals surface area (Å²) in [6.07, 6.45) is 4.59. The first-order valence-electron chi connectivity index (χ1n) is 9.17. The van der Waals surface area contributed by atoms with Crippen molar-refractivity contribution in [3.8, 4) is 0 Å². The number of rotatable bonds is 4. The molecule has 0 radical (unpaired) electrons. The lowest BCUT2D eigenvalue weighted by molar-refractivity contribution is 0.381. The van der Waals surface area contributed by atoms with E-state index in [0.717, 1.165) is 49.3 Å². The summed E-state index contributed by atoms with van der Waals surface area (Å²) in [7, 11) is 0. The number of benzene rings is 1. The van der Waals surface area contributed by atoms with E-state index in [2.05, 4.69) is 30.8 Å². The van der Waals surface area contributed by atoms with E-state index in [-0.39, 0.29) is 5.82 Å². The first kappa shape index (κ1) is 17.3. The van der Waals surface area contributed by atoms with Crippen LogP contribution in [0.5, 0.6) is 0 Å². The van der Waals surface area contributed by atoms with Crippen LogP contribution in [-0.2, 0) is 6.42 Å². The van der Waals surface area contributed by atoms with Gasteiger partial charge in [0.05, 0.1) is 0 Å². The molecule has 1 aliphatic rings. The minimum Gasteiger partial charge on any atom is -0.370 e. The average Bonchev–Trinajstić information content (AvgIpc) is 3.12. The number of anilines is 1. The highest BCUT2D eigenvalue weighted by Gasteiger charge is 2.18. The van der Waals surface area contributed by atoms with Gasteiger partial charge in [-0.25, -0.2) is 9.37 Å². The van der Waals surface area contributed by atoms with Crippen molar-refractivity contribution in [2.24, 2.45) is 10.7 Å². The SMILES string of the molecule is NC(=NCCc1c[nH]c2ncccc12)N1CCN(c2ccc(F)cc2)CC1. The maximum absolute atomic E-state index is 13.1. The number of nitrogens with zero attached hydrogens (tertiary/aromatic N) is 4. The number of piperazine rings is 1. The van der Waals surface area contributed by atoms with Crippen LogP contribution >= 0.6 is 0 Å². The number of halogens is 1.